The van der Waals surface area contributed by atoms with Gasteiger partial charge in [0.2, 0.25) is 5.96 Å². The molecule has 0 unspecified atom stereocenters. The number of methoxy groups -OCH3 is 2. The van der Waals surface area contributed by atoms with E-state index in [-0.39, 0.29) is 5.91 Å². The molecule has 8 heteroatoms. The highest BCUT2D eigenvalue weighted by Gasteiger charge is 2.14. The Labute approximate surface area is 188 Å². The van der Waals surface area contributed by atoms with Crippen LogP contribution in [-0.2, 0) is 13.6 Å². The molecule has 168 valence electrons. The Balaban J connectivity index is 1.91. The second kappa shape index (κ2) is 10.00. The predicted molar refractivity (Wildman–Crippen MR) is 126 cm³/mol. The van der Waals surface area contributed by atoms with E-state index in [1.165, 1.54) is 0 Å². The zero-order valence-electron chi connectivity index (χ0n) is 19.3. The van der Waals surface area contributed by atoms with Gasteiger partial charge in [-0.05, 0) is 62.7 Å². The lowest BCUT2D eigenvalue weighted by molar-refractivity contribution is 0.0977. The minimum Gasteiger partial charge on any atom is -0.497 e. The highest BCUT2D eigenvalue weighted by molar-refractivity contribution is 6.10. The highest BCUT2D eigenvalue weighted by atomic mass is 16.5. The van der Waals surface area contributed by atoms with Crippen LogP contribution >= 0.6 is 0 Å². The topological polar surface area (TPSA) is 89.8 Å². The van der Waals surface area contributed by atoms with E-state index in [0.717, 1.165) is 22.5 Å². The van der Waals surface area contributed by atoms with E-state index in [1.807, 2.05) is 50.7 Å². The Bertz CT molecular complexity index is 1130. The van der Waals surface area contributed by atoms with E-state index in [9.17, 15) is 4.79 Å². The van der Waals surface area contributed by atoms with Crippen molar-refractivity contribution >= 4 is 17.6 Å². The molecule has 0 atom stereocenters. The Kier molecular flexibility index (Phi) is 7.14. The van der Waals surface area contributed by atoms with E-state index in [2.05, 4.69) is 20.7 Å². The largest absolute Gasteiger partial charge is 0.497 e. The van der Waals surface area contributed by atoms with Crippen LogP contribution in [0, 0.1) is 20.8 Å². The fourth-order valence-electron chi connectivity index (χ4n) is 3.28. The molecule has 2 N–H and O–H groups in total. The number of aryl methyl sites for hydroxylation is 3. The summed E-state index contributed by atoms with van der Waals surface area (Å²) in [6, 6.07) is 12.7. The molecule has 0 radical (unpaired) electrons. The standard InChI is InChI=1S/C24H29N5O3/c1-15-7-12-22(32-6)21(13-15)26-24(25-14-20-16(2)28-29(4)17(20)3)27-23(30)18-8-10-19(31-5)11-9-18/h7-13H,14H2,1-6H3,(H2,25,26,27,30). The summed E-state index contributed by atoms with van der Waals surface area (Å²) in [7, 11) is 5.09. The Morgan fingerprint density at radius 3 is 2.38 bits per heavy atom. The number of ether oxygens (including phenoxy) is 2. The van der Waals surface area contributed by atoms with Crippen molar-refractivity contribution in [2.45, 2.75) is 27.3 Å². The molecule has 0 saturated heterocycles. The van der Waals surface area contributed by atoms with E-state index in [0.29, 0.717) is 35.3 Å². The van der Waals surface area contributed by atoms with E-state index in [4.69, 9.17) is 9.47 Å². The number of benzene rings is 2. The van der Waals surface area contributed by atoms with Gasteiger partial charge in [0.25, 0.3) is 5.91 Å². The SMILES string of the molecule is COc1ccc(C(=O)NC(=NCc2c(C)nn(C)c2C)Nc2cc(C)ccc2OC)cc1. The number of nitrogens with zero attached hydrogens (tertiary/aromatic N) is 3. The molecule has 1 aromatic heterocycles. The fraction of sp³-hybridized carbons (Fsp3) is 0.292. The first-order valence-corrected chi connectivity index (χ1v) is 10.2. The number of amides is 1. The minimum atomic E-state index is -0.287. The second-order valence-corrected chi connectivity index (χ2v) is 7.45. The third-order valence-corrected chi connectivity index (χ3v) is 5.25. The van der Waals surface area contributed by atoms with E-state index < -0.39 is 0 Å². The number of carbonyl (C=O) groups is 1. The monoisotopic (exact) mass is 435 g/mol. The average Bonchev–Trinajstić information content (AvgIpc) is 3.03. The Morgan fingerprint density at radius 1 is 1.06 bits per heavy atom. The van der Waals surface area contributed by atoms with Gasteiger partial charge in [0, 0.05) is 23.9 Å². The number of anilines is 1. The zero-order valence-corrected chi connectivity index (χ0v) is 19.3. The lowest BCUT2D eigenvalue weighted by Gasteiger charge is -2.15. The lowest BCUT2D eigenvalue weighted by atomic mass is 10.2. The first-order chi connectivity index (χ1) is 15.3. The van der Waals surface area contributed by atoms with Crippen molar-refractivity contribution in [1.82, 2.24) is 15.1 Å². The maximum Gasteiger partial charge on any atom is 0.257 e. The van der Waals surface area contributed by atoms with Crippen molar-refractivity contribution < 1.29 is 14.3 Å². The van der Waals surface area contributed by atoms with Gasteiger partial charge in [0.05, 0.1) is 32.1 Å². The summed E-state index contributed by atoms with van der Waals surface area (Å²) in [6.07, 6.45) is 0. The van der Waals surface area contributed by atoms with Gasteiger partial charge < -0.3 is 14.8 Å². The second-order valence-electron chi connectivity index (χ2n) is 7.45. The van der Waals surface area contributed by atoms with Crippen LogP contribution < -0.4 is 20.1 Å². The molecule has 0 saturated carbocycles. The molecular weight excluding hydrogens is 406 g/mol. The van der Waals surface area contributed by atoms with Crippen molar-refractivity contribution in [2.75, 3.05) is 19.5 Å². The van der Waals surface area contributed by atoms with Crippen LogP contribution in [0.3, 0.4) is 0 Å². The molecular formula is C24H29N5O3. The van der Waals surface area contributed by atoms with Crippen LogP contribution in [0.5, 0.6) is 11.5 Å². The molecule has 0 aliphatic rings. The van der Waals surface area contributed by atoms with Gasteiger partial charge >= 0.3 is 0 Å². The summed E-state index contributed by atoms with van der Waals surface area (Å²) >= 11 is 0. The third-order valence-electron chi connectivity index (χ3n) is 5.25. The number of hydrogen-bond donors (Lipinski definition) is 2. The van der Waals surface area contributed by atoms with Gasteiger partial charge in [0.1, 0.15) is 11.5 Å². The molecule has 3 aromatic rings. The first kappa shape index (κ1) is 22.9. The molecule has 0 fully saturated rings. The molecule has 3 rings (SSSR count). The van der Waals surface area contributed by atoms with Crippen molar-refractivity contribution in [3.05, 3.63) is 70.5 Å². The number of carbonyl (C=O) groups excluding carboxylic acids is 1. The van der Waals surface area contributed by atoms with Crippen molar-refractivity contribution in [3.8, 4) is 11.5 Å². The number of rotatable bonds is 6. The molecule has 0 bridgehead atoms. The van der Waals surface area contributed by atoms with Crippen LogP contribution in [0.15, 0.2) is 47.5 Å². The van der Waals surface area contributed by atoms with Crippen LogP contribution in [0.1, 0.15) is 32.9 Å². The molecule has 2 aromatic carbocycles. The van der Waals surface area contributed by atoms with Crippen molar-refractivity contribution in [1.29, 1.82) is 0 Å². The average molecular weight is 436 g/mol. The van der Waals surface area contributed by atoms with E-state index in [1.54, 1.807) is 38.5 Å². The van der Waals surface area contributed by atoms with Gasteiger partial charge in [-0.15, -0.1) is 0 Å². The van der Waals surface area contributed by atoms with Gasteiger partial charge in [-0.3, -0.25) is 14.8 Å². The van der Waals surface area contributed by atoms with Gasteiger partial charge in [-0.1, -0.05) is 6.07 Å². The molecule has 0 aliphatic carbocycles. The third kappa shape index (κ3) is 5.26. The maximum absolute atomic E-state index is 12.9. The number of guanidine groups is 1. The molecule has 0 spiro atoms. The molecule has 1 amide bonds. The number of nitrogens with one attached hydrogen (secondary N) is 2. The number of aliphatic imine (C=N–C) groups is 1. The maximum atomic E-state index is 12.9. The fourth-order valence-corrected chi connectivity index (χ4v) is 3.28. The van der Waals surface area contributed by atoms with E-state index >= 15 is 0 Å². The summed E-state index contributed by atoms with van der Waals surface area (Å²) in [4.78, 5) is 17.6. The van der Waals surface area contributed by atoms with Gasteiger partial charge in [-0.25, -0.2) is 4.99 Å². The molecule has 1 heterocycles. The molecule has 0 aliphatic heterocycles. The lowest BCUT2D eigenvalue weighted by Crippen LogP contribution is -2.36. The normalized spacial score (nSPS) is 11.2. The van der Waals surface area contributed by atoms with Gasteiger partial charge in [0.15, 0.2) is 0 Å². The highest BCUT2D eigenvalue weighted by Crippen LogP contribution is 2.25. The Hall–Kier alpha value is -3.81. The van der Waals surface area contributed by atoms with Crippen LogP contribution in [0.25, 0.3) is 0 Å². The number of hydrogen-bond acceptors (Lipinski definition) is 5. The van der Waals surface area contributed by atoms with Crippen molar-refractivity contribution in [2.24, 2.45) is 12.0 Å². The number of aromatic nitrogens is 2. The smallest absolute Gasteiger partial charge is 0.257 e. The van der Waals surface area contributed by atoms with Crippen LogP contribution in [0.4, 0.5) is 5.69 Å². The quantitative estimate of drug-likeness (QED) is 0.455. The molecule has 32 heavy (non-hydrogen) atoms. The summed E-state index contributed by atoms with van der Waals surface area (Å²) in [6.45, 7) is 6.30. The zero-order chi connectivity index (χ0) is 23.3. The van der Waals surface area contributed by atoms with Gasteiger partial charge in [-0.2, -0.15) is 5.10 Å². The molecule has 8 nitrogen and oxygen atoms in total. The Morgan fingerprint density at radius 2 is 1.78 bits per heavy atom. The van der Waals surface area contributed by atoms with Crippen LogP contribution in [0.2, 0.25) is 0 Å². The van der Waals surface area contributed by atoms with Crippen molar-refractivity contribution in [3.63, 3.8) is 0 Å². The minimum absolute atomic E-state index is 0.287. The first-order valence-electron chi connectivity index (χ1n) is 10.2. The summed E-state index contributed by atoms with van der Waals surface area (Å²) in [5.41, 5.74) is 5.20. The van der Waals surface area contributed by atoms with Crippen LogP contribution in [-0.4, -0.2) is 35.9 Å². The summed E-state index contributed by atoms with van der Waals surface area (Å²) < 4.78 is 12.5. The predicted octanol–water partition coefficient (Wildman–Crippen LogP) is 3.76. The summed E-state index contributed by atoms with van der Waals surface area (Å²) in [5, 5.41) is 10.5. The summed E-state index contributed by atoms with van der Waals surface area (Å²) in [5.74, 6) is 1.36.